The molecule has 1 aromatic heterocycles. The van der Waals surface area contributed by atoms with Gasteiger partial charge in [-0.3, -0.25) is 4.98 Å². The number of benzene rings is 2. The lowest BCUT2D eigenvalue weighted by Gasteiger charge is -2.31. The van der Waals surface area contributed by atoms with Crippen LogP contribution in [0, 0.1) is 0 Å². The Labute approximate surface area is 179 Å². The van der Waals surface area contributed by atoms with Crippen LogP contribution in [-0.4, -0.2) is 29.1 Å². The van der Waals surface area contributed by atoms with Gasteiger partial charge in [0.2, 0.25) is 0 Å². The summed E-state index contributed by atoms with van der Waals surface area (Å²) < 4.78 is 6.52. The molecular weight excluding hydrogens is 428 g/mol. The van der Waals surface area contributed by atoms with Crippen molar-refractivity contribution in [3.05, 3.63) is 88.7 Å². The number of halogens is 1. The van der Waals surface area contributed by atoms with Gasteiger partial charge in [-0.2, -0.15) is 0 Å². The molecule has 0 atom stereocenters. The maximum Gasteiger partial charge on any atom is 0.410 e. The van der Waals surface area contributed by atoms with Crippen LogP contribution in [-0.2, 0) is 11.3 Å². The molecule has 4 nitrogen and oxygen atoms in total. The topological polar surface area (TPSA) is 42.4 Å². The van der Waals surface area contributed by atoms with Crippen molar-refractivity contribution in [1.82, 2.24) is 9.88 Å². The number of piperidine rings is 1. The summed E-state index contributed by atoms with van der Waals surface area (Å²) in [6, 6.07) is 22.3. The molecule has 0 bridgehead atoms. The largest absolute Gasteiger partial charge is 0.445 e. The van der Waals surface area contributed by atoms with Gasteiger partial charge >= 0.3 is 6.09 Å². The number of aromatic nitrogens is 1. The summed E-state index contributed by atoms with van der Waals surface area (Å²) in [6.07, 6.45) is 3.53. The molecule has 3 aromatic rings. The van der Waals surface area contributed by atoms with Gasteiger partial charge in [-0.05, 0) is 42.2 Å². The van der Waals surface area contributed by atoms with E-state index in [4.69, 9.17) is 9.72 Å². The van der Waals surface area contributed by atoms with Crippen molar-refractivity contribution in [3.63, 3.8) is 0 Å². The van der Waals surface area contributed by atoms with Gasteiger partial charge in [-0.15, -0.1) is 0 Å². The number of carbonyl (C=O) groups is 1. The van der Waals surface area contributed by atoms with Crippen molar-refractivity contribution in [1.29, 1.82) is 0 Å². The highest BCUT2D eigenvalue weighted by molar-refractivity contribution is 9.10. The van der Waals surface area contributed by atoms with Crippen molar-refractivity contribution in [2.45, 2.75) is 25.4 Å². The molecule has 29 heavy (non-hydrogen) atoms. The van der Waals surface area contributed by atoms with E-state index in [2.05, 4.69) is 40.2 Å². The molecule has 1 aliphatic rings. The van der Waals surface area contributed by atoms with E-state index < -0.39 is 0 Å². The van der Waals surface area contributed by atoms with Gasteiger partial charge in [0.1, 0.15) is 6.61 Å². The van der Waals surface area contributed by atoms with Crippen LogP contribution in [0.25, 0.3) is 11.1 Å². The Morgan fingerprint density at radius 1 is 0.966 bits per heavy atom. The normalized spacial score (nSPS) is 14.6. The van der Waals surface area contributed by atoms with E-state index in [0.717, 1.165) is 39.7 Å². The van der Waals surface area contributed by atoms with Crippen molar-refractivity contribution in [2.24, 2.45) is 0 Å². The van der Waals surface area contributed by atoms with Crippen LogP contribution in [0.3, 0.4) is 0 Å². The van der Waals surface area contributed by atoms with Crippen LogP contribution >= 0.6 is 15.9 Å². The Kier molecular flexibility index (Phi) is 6.25. The average molecular weight is 451 g/mol. The molecule has 2 heterocycles. The van der Waals surface area contributed by atoms with Crippen LogP contribution in [0.5, 0.6) is 0 Å². The predicted octanol–water partition coefficient (Wildman–Crippen LogP) is 6.03. The summed E-state index contributed by atoms with van der Waals surface area (Å²) in [6.45, 7) is 1.72. The number of rotatable bonds is 4. The lowest BCUT2D eigenvalue weighted by atomic mass is 9.92. The molecule has 0 saturated carbocycles. The lowest BCUT2D eigenvalue weighted by Crippen LogP contribution is -2.38. The smallest absolute Gasteiger partial charge is 0.410 e. The molecular formula is C24H23BrN2O2. The summed E-state index contributed by atoms with van der Waals surface area (Å²) in [5, 5.41) is 0. The minimum Gasteiger partial charge on any atom is -0.445 e. The lowest BCUT2D eigenvalue weighted by molar-refractivity contribution is 0.0868. The zero-order chi connectivity index (χ0) is 20.1. The highest BCUT2D eigenvalue weighted by Crippen LogP contribution is 2.29. The van der Waals surface area contributed by atoms with Crippen LogP contribution < -0.4 is 0 Å². The number of pyridine rings is 1. The van der Waals surface area contributed by atoms with Gasteiger partial charge < -0.3 is 9.64 Å². The molecule has 0 aliphatic carbocycles. The van der Waals surface area contributed by atoms with E-state index in [-0.39, 0.29) is 6.09 Å². The second kappa shape index (κ2) is 9.23. The molecule has 4 rings (SSSR count). The fourth-order valence-corrected chi connectivity index (χ4v) is 3.89. The number of hydrogen-bond donors (Lipinski definition) is 0. The van der Waals surface area contributed by atoms with E-state index in [1.165, 1.54) is 0 Å². The minimum absolute atomic E-state index is 0.231. The third kappa shape index (κ3) is 5.04. The number of nitrogens with zero attached hydrogens (tertiary/aromatic N) is 2. The predicted molar refractivity (Wildman–Crippen MR) is 118 cm³/mol. The molecule has 148 valence electrons. The molecule has 0 unspecified atom stereocenters. The summed E-state index contributed by atoms with van der Waals surface area (Å²) in [5.74, 6) is 0.382. The van der Waals surface area contributed by atoms with E-state index >= 15 is 0 Å². The molecule has 0 radical (unpaired) electrons. The van der Waals surface area contributed by atoms with Crippen molar-refractivity contribution >= 4 is 22.0 Å². The van der Waals surface area contributed by atoms with Crippen molar-refractivity contribution in [2.75, 3.05) is 13.1 Å². The van der Waals surface area contributed by atoms with Gasteiger partial charge in [0.15, 0.2) is 0 Å². The third-order valence-corrected chi connectivity index (χ3v) is 5.87. The van der Waals surface area contributed by atoms with Gasteiger partial charge in [-0.1, -0.05) is 64.5 Å². The van der Waals surface area contributed by atoms with Crippen LogP contribution in [0.15, 0.2) is 77.4 Å². The first-order valence-corrected chi connectivity index (χ1v) is 10.7. The van der Waals surface area contributed by atoms with Gasteiger partial charge in [0.05, 0.1) is 0 Å². The fourth-order valence-electron chi connectivity index (χ4n) is 3.63. The van der Waals surface area contributed by atoms with Gasteiger partial charge in [0, 0.05) is 40.9 Å². The molecule has 0 spiro atoms. The molecule has 1 aliphatic heterocycles. The summed E-state index contributed by atoms with van der Waals surface area (Å²) in [4.78, 5) is 18.8. The Morgan fingerprint density at radius 3 is 2.31 bits per heavy atom. The number of hydrogen-bond acceptors (Lipinski definition) is 3. The SMILES string of the molecule is O=C(OCc1ccccc1)N1CCC(c2ccc(-c3ccc(Br)cc3)cn2)CC1. The number of ether oxygens (including phenoxy) is 1. The quantitative estimate of drug-likeness (QED) is 0.487. The van der Waals surface area contributed by atoms with E-state index in [9.17, 15) is 4.79 Å². The van der Waals surface area contributed by atoms with E-state index in [0.29, 0.717) is 25.6 Å². The van der Waals surface area contributed by atoms with E-state index in [1.54, 1.807) is 4.90 Å². The Hall–Kier alpha value is -2.66. The number of likely N-dealkylation sites (tertiary alicyclic amines) is 1. The van der Waals surface area contributed by atoms with Gasteiger partial charge in [0.25, 0.3) is 0 Å². The second-order valence-electron chi connectivity index (χ2n) is 7.28. The maximum atomic E-state index is 12.3. The summed E-state index contributed by atoms with van der Waals surface area (Å²) in [7, 11) is 0. The summed E-state index contributed by atoms with van der Waals surface area (Å²) in [5.41, 5.74) is 4.38. The van der Waals surface area contributed by atoms with Crippen LogP contribution in [0.4, 0.5) is 4.79 Å². The van der Waals surface area contributed by atoms with Crippen LogP contribution in [0.2, 0.25) is 0 Å². The zero-order valence-corrected chi connectivity index (χ0v) is 17.7. The second-order valence-corrected chi connectivity index (χ2v) is 8.20. The standard InChI is InChI=1S/C24H23BrN2O2/c25-22-9-6-19(7-10-22)21-8-11-23(26-16-21)20-12-14-27(15-13-20)24(28)29-17-18-4-2-1-3-5-18/h1-11,16,20H,12-15,17H2. The molecule has 1 fully saturated rings. The molecule has 2 aromatic carbocycles. The van der Waals surface area contributed by atoms with E-state index in [1.807, 2.05) is 48.7 Å². The molecule has 5 heteroatoms. The van der Waals surface area contributed by atoms with Crippen molar-refractivity contribution in [3.8, 4) is 11.1 Å². The maximum absolute atomic E-state index is 12.3. The first-order chi connectivity index (χ1) is 14.2. The molecule has 1 saturated heterocycles. The number of carbonyl (C=O) groups excluding carboxylic acids is 1. The van der Waals surface area contributed by atoms with Crippen LogP contribution in [0.1, 0.15) is 30.0 Å². The molecule has 0 N–H and O–H groups in total. The first-order valence-electron chi connectivity index (χ1n) is 9.86. The van der Waals surface area contributed by atoms with Gasteiger partial charge in [-0.25, -0.2) is 4.79 Å². The highest BCUT2D eigenvalue weighted by atomic mass is 79.9. The Balaban J connectivity index is 1.30. The average Bonchev–Trinajstić information content (AvgIpc) is 2.79. The van der Waals surface area contributed by atoms with Crippen molar-refractivity contribution < 1.29 is 9.53 Å². The first kappa shape index (κ1) is 19.6. The Morgan fingerprint density at radius 2 is 1.66 bits per heavy atom. The summed E-state index contributed by atoms with van der Waals surface area (Å²) >= 11 is 3.47. The fraction of sp³-hybridized carbons (Fsp3) is 0.250. The monoisotopic (exact) mass is 450 g/mol. The number of amides is 1. The zero-order valence-electron chi connectivity index (χ0n) is 16.1. The third-order valence-electron chi connectivity index (χ3n) is 5.34. The highest BCUT2D eigenvalue weighted by Gasteiger charge is 2.25. The molecule has 1 amide bonds. The minimum atomic E-state index is -0.231. The Bertz CT molecular complexity index is 935.